The molecule has 4 heteroatoms. The summed E-state index contributed by atoms with van der Waals surface area (Å²) < 4.78 is 1.89. The minimum atomic E-state index is -0.503. The fourth-order valence-electron chi connectivity index (χ4n) is 1.56. The molecule has 0 aliphatic heterocycles. The highest BCUT2D eigenvalue weighted by Gasteiger charge is 2.08. The van der Waals surface area contributed by atoms with E-state index in [-0.39, 0.29) is 0 Å². The Bertz CT molecular complexity index is 495. The molecule has 0 spiro atoms. The molecule has 2 N–H and O–H groups in total. The molecule has 0 radical (unpaired) electrons. The van der Waals surface area contributed by atoms with E-state index in [2.05, 4.69) is 4.98 Å². The summed E-state index contributed by atoms with van der Waals surface area (Å²) in [6.07, 6.45) is 3.55. The molecule has 0 saturated heterocycles. The Balaban J connectivity index is 2.30. The van der Waals surface area contributed by atoms with Crippen molar-refractivity contribution in [2.45, 2.75) is 12.6 Å². The molecule has 1 unspecified atom stereocenters. The number of benzene rings is 1. The van der Waals surface area contributed by atoms with E-state index in [1.165, 1.54) is 0 Å². The van der Waals surface area contributed by atoms with Crippen LogP contribution >= 0.6 is 0 Å². The molecular formula is C12H12N4. The monoisotopic (exact) mass is 212 g/mol. The number of rotatable bonds is 3. The van der Waals surface area contributed by atoms with Gasteiger partial charge in [-0.15, -0.1) is 0 Å². The Morgan fingerprint density at radius 1 is 1.38 bits per heavy atom. The van der Waals surface area contributed by atoms with E-state index in [1.807, 2.05) is 47.2 Å². The van der Waals surface area contributed by atoms with Gasteiger partial charge in [0.15, 0.2) is 0 Å². The lowest BCUT2D eigenvalue weighted by Gasteiger charge is -2.08. The van der Waals surface area contributed by atoms with Gasteiger partial charge in [0.25, 0.3) is 0 Å². The lowest BCUT2D eigenvalue weighted by molar-refractivity contribution is 0.643. The molecule has 1 heterocycles. The standard InChI is InChI=1S/C12H12N4/c13-8-11(14)9-16-7-6-15-12(16)10-4-2-1-3-5-10/h1-7,11H,9,14H2. The Labute approximate surface area is 94.0 Å². The SMILES string of the molecule is N#CC(N)Cn1ccnc1-c1ccccc1. The van der Waals surface area contributed by atoms with E-state index < -0.39 is 6.04 Å². The van der Waals surface area contributed by atoms with E-state index in [0.717, 1.165) is 11.4 Å². The molecule has 0 fully saturated rings. The van der Waals surface area contributed by atoms with Crippen LogP contribution in [0.4, 0.5) is 0 Å². The predicted octanol–water partition coefficient (Wildman–Crippen LogP) is 1.40. The first-order valence-corrected chi connectivity index (χ1v) is 5.03. The highest BCUT2D eigenvalue weighted by atomic mass is 15.1. The fourth-order valence-corrected chi connectivity index (χ4v) is 1.56. The molecule has 1 aromatic heterocycles. The first-order chi connectivity index (χ1) is 7.81. The average Bonchev–Trinajstić information content (AvgIpc) is 2.78. The van der Waals surface area contributed by atoms with Crippen LogP contribution in [-0.4, -0.2) is 15.6 Å². The van der Waals surface area contributed by atoms with Gasteiger partial charge < -0.3 is 10.3 Å². The molecule has 0 aliphatic carbocycles. The normalized spacial score (nSPS) is 12.0. The molecular weight excluding hydrogens is 200 g/mol. The van der Waals surface area contributed by atoms with Crippen molar-refractivity contribution < 1.29 is 0 Å². The van der Waals surface area contributed by atoms with Crippen LogP contribution in [-0.2, 0) is 6.54 Å². The summed E-state index contributed by atoms with van der Waals surface area (Å²) >= 11 is 0. The quantitative estimate of drug-likeness (QED) is 0.836. The number of nitrogens with zero attached hydrogens (tertiary/aromatic N) is 3. The van der Waals surface area contributed by atoms with Crippen molar-refractivity contribution in [3.05, 3.63) is 42.7 Å². The van der Waals surface area contributed by atoms with E-state index in [4.69, 9.17) is 11.0 Å². The highest BCUT2D eigenvalue weighted by Crippen LogP contribution is 2.16. The zero-order chi connectivity index (χ0) is 11.4. The van der Waals surface area contributed by atoms with Gasteiger partial charge in [0.1, 0.15) is 11.9 Å². The molecule has 0 aliphatic rings. The molecule has 0 saturated carbocycles. The van der Waals surface area contributed by atoms with Crippen LogP contribution < -0.4 is 5.73 Å². The van der Waals surface area contributed by atoms with E-state index in [9.17, 15) is 0 Å². The molecule has 16 heavy (non-hydrogen) atoms. The summed E-state index contributed by atoms with van der Waals surface area (Å²) in [7, 11) is 0. The molecule has 1 aromatic carbocycles. The van der Waals surface area contributed by atoms with Gasteiger partial charge in [-0.1, -0.05) is 30.3 Å². The topological polar surface area (TPSA) is 67.6 Å². The Morgan fingerprint density at radius 2 is 2.12 bits per heavy atom. The maximum absolute atomic E-state index is 8.69. The number of imidazole rings is 1. The van der Waals surface area contributed by atoms with Crippen LogP contribution in [0.5, 0.6) is 0 Å². The maximum Gasteiger partial charge on any atom is 0.139 e. The number of nitrogens with two attached hydrogens (primary N) is 1. The van der Waals surface area contributed by atoms with Crippen molar-refractivity contribution in [1.29, 1.82) is 5.26 Å². The highest BCUT2D eigenvalue weighted by molar-refractivity contribution is 5.55. The Kier molecular flexibility index (Phi) is 2.99. The van der Waals surface area contributed by atoms with Gasteiger partial charge in [0.2, 0.25) is 0 Å². The van der Waals surface area contributed by atoms with Crippen molar-refractivity contribution >= 4 is 0 Å². The van der Waals surface area contributed by atoms with Gasteiger partial charge in [0, 0.05) is 18.0 Å². The maximum atomic E-state index is 8.69. The first-order valence-electron chi connectivity index (χ1n) is 5.03. The van der Waals surface area contributed by atoms with Gasteiger partial charge >= 0.3 is 0 Å². The number of hydrogen-bond donors (Lipinski definition) is 1. The van der Waals surface area contributed by atoms with Crippen molar-refractivity contribution in [3.8, 4) is 17.5 Å². The number of aromatic nitrogens is 2. The summed E-state index contributed by atoms with van der Waals surface area (Å²) in [6, 6.07) is 11.3. The second-order valence-electron chi connectivity index (χ2n) is 3.50. The summed E-state index contributed by atoms with van der Waals surface area (Å²) in [5.74, 6) is 0.839. The smallest absolute Gasteiger partial charge is 0.139 e. The Hall–Kier alpha value is -2.12. The largest absolute Gasteiger partial charge is 0.328 e. The van der Waals surface area contributed by atoms with E-state index >= 15 is 0 Å². The lowest BCUT2D eigenvalue weighted by atomic mass is 10.2. The molecule has 2 rings (SSSR count). The summed E-state index contributed by atoms with van der Waals surface area (Å²) in [5.41, 5.74) is 6.63. The fraction of sp³-hybridized carbons (Fsp3) is 0.167. The third-order valence-corrected chi connectivity index (χ3v) is 2.31. The second-order valence-corrected chi connectivity index (χ2v) is 3.50. The molecule has 2 aromatic rings. The van der Waals surface area contributed by atoms with E-state index in [0.29, 0.717) is 6.54 Å². The minimum Gasteiger partial charge on any atom is -0.328 e. The van der Waals surface area contributed by atoms with Crippen molar-refractivity contribution in [2.75, 3.05) is 0 Å². The van der Waals surface area contributed by atoms with Crippen LogP contribution in [0.2, 0.25) is 0 Å². The molecule has 4 nitrogen and oxygen atoms in total. The van der Waals surface area contributed by atoms with Gasteiger partial charge in [-0.05, 0) is 0 Å². The van der Waals surface area contributed by atoms with Crippen LogP contribution in [0.3, 0.4) is 0 Å². The zero-order valence-corrected chi connectivity index (χ0v) is 8.74. The van der Waals surface area contributed by atoms with Crippen LogP contribution in [0.25, 0.3) is 11.4 Å². The van der Waals surface area contributed by atoms with Crippen molar-refractivity contribution in [3.63, 3.8) is 0 Å². The predicted molar refractivity (Wildman–Crippen MR) is 61.3 cm³/mol. The first kappa shape index (κ1) is 10.4. The van der Waals surface area contributed by atoms with Gasteiger partial charge in [-0.3, -0.25) is 0 Å². The van der Waals surface area contributed by atoms with Crippen molar-refractivity contribution in [1.82, 2.24) is 9.55 Å². The van der Waals surface area contributed by atoms with Gasteiger partial charge in [0.05, 0.1) is 12.6 Å². The molecule has 0 amide bonds. The van der Waals surface area contributed by atoms with Crippen molar-refractivity contribution in [2.24, 2.45) is 5.73 Å². The summed E-state index contributed by atoms with van der Waals surface area (Å²) in [6.45, 7) is 0.459. The average molecular weight is 212 g/mol. The third kappa shape index (κ3) is 2.10. The van der Waals surface area contributed by atoms with Gasteiger partial charge in [-0.25, -0.2) is 4.98 Å². The second kappa shape index (κ2) is 4.60. The molecule has 0 bridgehead atoms. The van der Waals surface area contributed by atoms with Crippen LogP contribution in [0.15, 0.2) is 42.7 Å². The lowest BCUT2D eigenvalue weighted by Crippen LogP contribution is -2.24. The Morgan fingerprint density at radius 3 is 2.81 bits per heavy atom. The van der Waals surface area contributed by atoms with Crippen LogP contribution in [0.1, 0.15) is 0 Å². The number of hydrogen-bond acceptors (Lipinski definition) is 3. The summed E-state index contributed by atoms with van der Waals surface area (Å²) in [5, 5.41) is 8.69. The third-order valence-electron chi connectivity index (χ3n) is 2.31. The van der Waals surface area contributed by atoms with Gasteiger partial charge in [-0.2, -0.15) is 5.26 Å². The van der Waals surface area contributed by atoms with Crippen LogP contribution in [0, 0.1) is 11.3 Å². The summed E-state index contributed by atoms with van der Waals surface area (Å²) in [4.78, 5) is 4.27. The zero-order valence-electron chi connectivity index (χ0n) is 8.74. The minimum absolute atomic E-state index is 0.459. The van der Waals surface area contributed by atoms with E-state index in [1.54, 1.807) is 6.20 Å². The molecule has 80 valence electrons. The number of nitriles is 1. The molecule has 1 atom stereocenters.